The molecule has 3 N–H and O–H groups in total. The number of halogens is 1. The summed E-state index contributed by atoms with van der Waals surface area (Å²) in [6, 6.07) is 7.51. The number of hydrogen-bond donors (Lipinski definition) is 2. The lowest BCUT2D eigenvalue weighted by Crippen LogP contribution is -2.49. The first-order valence-electron chi connectivity index (χ1n) is 9.49. The molecule has 2 amide bonds. The highest BCUT2D eigenvalue weighted by atomic mass is 35.5. The topological polar surface area (TPSA) is 102 Å². The first-order chi connectivity index (χ1) is 13.4. The number of nitrogens with one attached hydrogen (secondary N) is 1. The number of hydrogen-bond acceptors (Lipinski definition) is 5. The third kappa shape index (κ3) is 6.47. The van der Waals surface area contributed by atoms with Gasteiger partial charge in [-0.2, -0.15) is 5.10 Å². The molecule has 1 aliphatic rings. The van der Waals surface area contributed by atoms with E-state index in [1.54, 1.807) is 17.3 Å². The molecule has 2 heterocycles. The van der Waals surface area contributed by atoms with Crippen molar-refractivity contribution < 1.29 is 14.3 Å². The summed E-state index contributed by atoms with van der Waals surface area (Å²) in [6.07, 6.45) is 4.16. The van der Waals surface area contributed by atoms with E-state index in [1.165, 1.54) is 4.68 Å². The summed E-state index contributed by atoms with van der Waals surface area (Å²) in [6.45, 7) is 5.21. The largest absolute Gasteiger partial charge is 0.399 e. The second kappa shape index (κ2) is 10.3. The van der Waals surface area contributed by atoms with E-state index < -0.39 is 0 Å². The molecule has 2 atom stereocenters. The highest BCUT2D eigenvalue weighted by molar-refractivity contribution is 5.90. The van der Waals surface area contributed by atoms with E-state index in [-0.39, 0.29) is 43.0 Å². The molecule has 0 bridgehead atoms. The van der Waals surface area contributed by atoms with Gasteiger partial charge in [-0.15, -0.1) is 12.4 Å². The summed E-state index contributed by atoms with van der Waals surface area (Å²) in [5, 5.41) is 6.99. The van der Waals surface area contributed by atoms with Gasteiger partial charge < -0.3 is 20.7 Å². The number of nitrogens with two attached hydrogens (primary N) is 1. The molecule has 2 aromatic rings. The Morgan fingerprint density at radius 2 is 1.93 bits per heavy atom. The molecular weight excluding hydrogens is 394 g/mol. The molecule has 29 heavy (non-hydrogen) atoms. The van der Waals surface area contributed by atoms with Gasteiger partial charge in [-0.25, -0.2) is 0 Å². The number of anilines is 2. The molecule has 0 saturated carbocycles. The number of amides is 2. The fraction of sp³-hybridized carbons (Fsp3) is 0.450. The van der Waals surface area contributed by atoms with E-state index in [2.05, 4.69) is 10.4 Å². The Kier molecular flexibility index (Phi) is 8.04. The smallest absolute Gasteiger partial charge is 0.244 e. The quantitative estimate of drug-likeness (QED) is 0.695. The third-order valence-corrected chi connectivity index (χ3v) is 4.66. The molecular formula is C20H28ClN5O3. The molecule has 9 heteroatoms. The molecule has 0 radical (unpaired) electrons. The van der Waals surface area contributed by atoms with Crippen molar-refractivity contribution in [1.29, 1.82) is 0 Å². The first-order valence-corrected chi connectivity index (χ1v) is 9.49. The number of rotatable bonds is 6. The van der Waals surface area contributed by atoms with Crippen LogP contribution in [0.4, 0.5) is 11.4 Å². The fourth-order valence-corrected chi connectivity index (χ4v) is 3.37. The number of ether oxygens (including phenoxy) is 1. The second-order valence-electron chi connectivity index (χ2n) is 7.23. The molecule has 8 nitrogen and oxygen atoms in total. The third-order valence-electron chi connectivity index (χ3n) is 4.66. The van der Waals surface area contributed by atoms with Crippen LogP contribution in [0, 0.1) is 0 Å². The summed E-state index contributed by atoms with van der Waals surface area (Å²) < 4.78 is 7.19. The number of para-hydroxylation sites is 1. The van der Waals surface area contributed by atoms with E-state index in [0.717, 1.165) is 5.56 Å². The van der Waals surface area contributed by atoms with Crippen LogP contribution in [0.2, 0.25) is 0 Å². The van der Waals surface area contributed by atoms with Crippen molar-refractivity contribution in [2.24, 2.45) is 0 Å². The van der Waals surface area contributed by atoms with Crippen LogP contribution < -0.4 is 11.1 Å². The van der Waals surface area contributed by atoms with Crippen molar-refractivity contribution in [2.45, 2.75) is 45.4 Å². The number of nitrogen functional groups attached to an aromatic ring is 1. The van der Waals surface area contributed by atoms with E-state index in [1.807, 2.05) is 38.1 Å². The van der Waals surface area contributed by atoms with Crippen LogP contribution in [-0.4, -0.2) is 51.8 Å². The normalized spacial score (nSPS) is 18.8. The summed E-state index contributed by atoms with van der Waals surface area (Å²) in [7, 11) is 0. The van der Waals surface area contributed by atoms with Gasteiger partial charge in [-0.05, 0) is 31.9 Å². The highest BCUT2D eigenvalue weighted by Gasteiger charge is 2.26. The zero-order chi connectivity index (χ0) is 20.1. The Balaban J connectivity index is 0.00000300. The minimum atomic E-state index is -0.120. The van der Waals surface area contributed by atoms with Crippen molar-refractivity contribution in [3.63, 3.8) is 0 Å². The van der Waals surface area contributed by atoms with Crippen LogP contribution in [0.5, 0.6) is 0 Å². The maximum absolute atomic E-state index is 12.5. The monoisotopic (exact) mass is 421 g/mol. The number of morpholine rings is 1. The number of benzene rings is 1. The SMILES string of the molecule is CC1CN(C(=O)Cn2cc(NC(=O)CCc3ccccc3N)cn2)CC(C)O1.Cl. The Labute approximate surface area is 176 Å². The molecule has 0 spiro atoms. The van der Waals surface area contributed by atoms with Crippen molar-refractivity contribution in [1.82, 2.24) is 14.7 Å². The van der Waals surface area contributed by atoms with Crippen LogP contribution in [-0.2, 0) is 27.3 Å². The zero-order valence-corrected chi connectivity index (χ0v) is 17.5. The Bertz CT molecular complexity index is 831. The lowest BCUT2D eigenvalue weighted by atomic mass is 10.1. The van der Waals surface area contributed by atoms with Crippen LogP contribution in [0.3, 0.4) is 0 Å². The Morgan fingerprint density at radius 1 is 1.24 bits per heavy atom. The predicted molar refractivity (Wildman–Crippen MR) is 114 cm³/mol. The van der Waals surface area contributed by atoms with E-state index in [0.29, 0.717) is 37.3 Å². The van der Waals surface area contributed by atoms with Gasteiger partial charge in [-0.3, -0.25) is 14.3 Å². The van der Waals surface area contributed by atoms with Gasteiger partial charge in [0.1, 0.15) is 6.54 Å². The molecule has 2 unspecified atom stereocenters. The molecule has 1 aromatic heterocycles. The molecule has 1 saturated heterocycles. The van der Waals surface area contributed by atoms with E-state index >= 15 is 0 Å². The summed E-state index contributed by atoms with van der Waals surface area (Å²) in [5.41, 5.74) is 8.11. The molecule has 1 aromatic carbocycles. The van der Waals surface area contributed by atoms with Crippen LogP contribution in [0.15, 0.2) is 36.7 Å². The van der Waals surface area contributed by atoms with Crippen molar-refractivity contribution in [3.05, 3.63) is 42.2 Å². The van der Waals surface area contributed by atoms with Gasteiger partial charge in [0.25, 0.3) is 0 Å². The zero-order valence-electron chi connectivity index (χ0n) is 16.7. The van der Waals surface area contributed by atoms with E-state index in [4.69, 9.17) is 10.5 Å². The summed E-state index contributed by atoms with van der Waals surface area (Å²) in [4.78, 5) is 26.5. The summed E-state index contributed by atoms with van der Waals surface area (Å²) in [5.74, 6) is -0.132. The second-order valence-corrected chi connectivity index (χ2v) is 7.23. The van der Waals surface area contributed by atoms with Crippen molar-refractivity contribution >= 4 is 35.6 Å². The van der Waals surface area contributed by atoms with Crippen LogP contribution in [0.1, 0.15) is 25.8 Å². The van der Waals surface area contributed by atoms with Gasteiger partial charge in [0.05, 0.1) is 24.1 Å². The lowest BCUT2D eigenvalue weighted by Gasteiger charge is -2.35. The maximum Gasteiger partial charge on any atom is 0.244 e. The number of nitrogens with zero attached hydrogens (tertiary/aromatic N) is 3. The molecule has 1 fully saturated rings. The van der Waals surface area contributed by atoms with Crippen LogP contribution >= 0.6 is 12.4 Å². The molecule has 158 valence electrons. The van der Waals surface area contributed by atoms with Gasteiger partial charge in [0.15, 0.2) is 0 Å². The number of carbonyl (C=O) groups excluding carboxylic acids is 2. The van der Waals surface area contributed by atoms with Gasteiger partial charge in [0, 0.05) is 31.4 Å². The first kappa shape index (κ1) is 22.7. The molecule has 3 rings (SSSR count). The van der Waals surface area contributed by atoms with Crippen molar-refractivity contribution in [3.8, 4) is 0 Å². The van der Waals surface area contributed by atoms with E-state index in [9.17, 15) is 9.59 Å². The highest BCUT2D eigenvalue weighted by Crippen LogP contribution is 2.14. The molecule has 1 aliphatic heterocycles. The standard InChI is InChI=1S/C20H27N5O3.ClH/c1-14-10-24(11-15(2)28-14)20(27)13-25-12-17(9-22-25)23-19(26)8-7-16-5-3-4-6-18(16)21;/h3-6,9,12,14-15H,7-8,10-11,13,21H2,1-2H3,(H,23,26);1H. The molecule has 0 aliphatic carbocycles. The van der Waals surface area contributed by atoms with Gasteiger partial charge >= 0.3 is 0 Å². The maximum atomic E-state index is 12.5. The Morgan fingerprint density at radius 3 is 2.62 bits per heavy atom. The predicted octanol–water partition coefficient (Wildman–Crippen LogP) is 2.09. The fourth-order valence-electron chi connectivity index (χ4n) is 3.37. The number of aryl methyl sites for hydroxylation is 1. The lowest BCUT2D eigenvalue weighted by molar-refractivity contribution is -0.144. The van der Waals surface area contributed by atoms with Gasteiger partial charge in [0.2, 0.25) is 11.8 Å². The average molecular weight is 422 g/mol. The minimum absolute atomic E-state index is 0. The number of carbonyl (C=O) groups is 2. The minimum Gasteiger partial charge on any atom is -0.399 e. The van der Waals surface area contributed by atoms with Crippen LogP contribution in [0.25, 0.3) is 0 Å². The Hall–Kier alpha value is -2.58. The van der Waals surface area contributed by atoms with Gasteiger partial charge in [-0.1, -0.05) is 18.2 Å². The number of aromatic nitrogens is 2. The average Bonchev–Trinajstić information content (AvgIpc) is 3.07. The van der Waals surface area contributed by atoms with Crippen molar-refractivity contribution in [2.75, 3.05) is 24.1 Å². The summed E-state index contributed by atoms with van der Waals surface area (Å²) >= 11 is 0.